The molecule has 0 bridgehead atoms. The summed E-state index contributed by atoms with van der Waals surface area (Å²) in [6, 6.07) is 44.8. The topological polar surface area (TPSA) is 52.4 Å². The van der Waals surface area contributed by atoms with Gasteiger partial charge in [-0.05, 0) is 87.0 Å². The van der Waals surface area contributed by atoms with Crippen LogP contribution in [0.15, 0.2) is 152 Å². The van der Waals surface area contributed by atoms with E-state index in [0.717, 1.165) is 51.1 Å². The van der Waals surface area contributed by atoms with Crippen molar-refractivity contribution in [3.63, 3.8) is 0 Å². The molecule has 6 aromatic rings. The Hall–Kier alpha value is -5.95. The molecule has 0 radical (unpaired) electrons. The summed E-state index contributed by atoms with van der Waals surface area (Å²) >= 11 is 0. The van der Waals surface area contributed by atoms with E-state index in [1.807, 2.05) is 91.0 Å². The number of ether oxygens (including phenoxy) is 1. The summed E-state index contributed by atoms with van der Waals surface area (Å²) < 4.78 is 44.8. The maximum atomic E-state index is 13.0. The lowest BCUT2D eigenvalue weighted by atomic mass is 9.93. The van der Waals surface area contributed by atoms with Gasteiger partial charge in [0.05, 0.1) is 10.5 Å². The van der Waals surface area contributed by atoms with E-state index >= 15 is 0 Å². The highest BCUT2D eigenvalue weighted by Crippen LogP contribution is 2.33. The van der Waals surface area contributed by atoms with Crippen LogP contribution in [0.4, 0.5) is 18.9 Å². The van der Waals surface area contributed by atoms with Crippen molar-refractivity contribution in [1.82, 2.24) is 0 Å². The minimum atomic E-state index is -4.37. The van der Waals surface area contributed by atoms with Gasteiger partial charge in [-0.3, -0.25) is 10.1 Å². The molecular weight excluding hydrogens is 587 g/mol. The Morgan fingerprint density at radius 2 is 1.00 bits per heavy atom. The van der Waals surface area contributed by atoms with E-state index < -0.39 is 16.7 Å². The molecule has 0 aliphatic heterocycles. The Morgan fingerprint density at radius 3 is 1.50 bits per heavy atom. The van der Waals surface area contributed by atoms with Crippen molar-refractivity contribution in [3.8, 4) is 33.8 Å². The fourth-order valence-electron chi connectivity index (χ4n) is 5.07. The molecule has 0 aliphatic carbocycles. The van der Waals surface area contributed by atoms with Crippen molar-refractivity contribution in [1.29, 1.82) is 0 Å². The van der Waals surface area contributed by atoms with E-state index in [0.29, 0.717) is 17.1 Å². The Balaban J connectivity index is 1.21. The van der Waals surface area contributed by atoms with E-state index in [-0.39, 0.29) is 5.69 Å². The smallest absolute Gasteiger partial charge is 0.416 e. The lowest BCUT2D eigenvalue weighted by molar-refractivity contribution is -0.384. The molecule has 0 heterocycles. The number of hydrogen-bond acceptors (Lipinski definition) is 3. The first kappa shape index (κ1) is 30.1. The number of nitro benzene ring substituents is 1. The largest absolute Gasteiger partial charge is 0.457 e. The van der Waals surface area contributed by atoms with Crippen molar-refractivity contribution in [2.24, 2.45) is 0 Å². The van der Waals surface area contributed by atoms with Crippen LogP contribution in [-0.2, 0) is 6.18 Å². The van der Waals surface area contributed by atoms with Crippen LogP contribution in [0.5, 0.6) is 11.5 Å². The van der Waals surface area contributed by atoms with Crippen LogP contribution < -0.4 is 4.74 Å². The van der Waals surface area contributed by atoms with Crippen molar-refractivity contribution < 1.29 is 22.8 Å². The van der Waals surface area contributed by atoms with Crippen LogP contribution in [0.2, 0.25) is 0 Å². The highest BCUT2D eigenvalue weighted by atomic mass is 19.4. The average molecular weight is 614 g/mol. The standard InChI is InChI=1S/C39H26F3NO3/c40-39(41,42)34-18-14-30(15-19-34)29-10-12-33(13-11-29)38(32-4-2-1-3-5-32)26-27-6-8-28(9-7-27)31-16-22-36(23-17-31)46-37-24-20-35(21-25-37)43(44)45/h1-26H. The number of nitro groups is 1. The van der Waals surface area contributed by atoms with Gasteiger partial charge in [-0.15, -0.1) is 0 Å². The molecule has 0 N–H and O–H groups in total. The quantitative estimate of drug-likeness (QED) is 0.0975. The molecule has 46 heavy (non-hydrogen) atoms. The second-order valence-electron chi connectivity index (χ2n) is 10.6. The second-order valence-corrected chi connectivity index (χ2v) is 10.6. The molecule has 0 saturated heterocycles. The predicted octanol–water partition coefficient (Wildman–Crippen LogP) is 11.3. The van der Waals surface area contributed by atoms with E-state index in [9.17, 15) is 23.3 Å². The molecule has 226 valence electrons. The highest BCUT2D eigenvalue weighted by molar-refractivity contribution is 5.92. The summed E-state index contributed by atoms with van der Waals surface area (Å²) in [5.41, 5.74) is 6.96. The van der Waals surface area contributed by atoms with Crippen molar-refractivity contribution >= 4 is 17.3 Å². The molecule has 4 nitrogen and oxygen atoms in total. The number of non-ortho nitro benzene ring substituents is 1. The number of rotatable bonds is 8. The van der Waals surface area contributed by atoms with Gasteiger partial charge in [0, 0.05) is 12.1 Å². The summed E-state index contributed by atoms with van der Waals surface area (Å²) in [6.45, 7) is 0. The molecular formula is C39H26F3NO3. The Kier molecular flexibility index (Phi) is 8.48. The number of hydrogen-bond donors (Lipinski definition) is 0. The molecule has 0 unspecified atom stereocenters. The van der Waals surface area contributed by atoms with Gasteiger partial charge in [0.2, 0.25) is 0 Å². The predicted molar refractivity (Wildman–Crippen MR) is 175 cm³/mol. The zero-order valence-electron chi connectivity index (χ0n) is 24.3. The van der Waals surface area contributed by atoms with Gasteiger partial charge in [-0.1, -0.05) is 103 Å². The molecule has 0 aliphatic rings. The first-order chi connectivity index (χ1) is 22.2. The first-order valence-electron chi connectivity index (χ1n) is 14.4. The van der Waals surface area contributed by atoms with E-state index in [2.05, 4.69) is 18.2 Å². The van der Waals surface area contributed by atoms with Crippen LogP contribution >= 0.6 is 0 Å². The van der Waals surface area contributed by atoms with Gasteiger partial charge in [0.15, 0.2) is 0 Å². The van der Waals surface area contributed by atoms with E-state index in [1.54, 1.807) is 12.1 Å². The fraction of sp³-hybridized carbons (Fsp3) is 0.0256. The van der Waals surface area contributed by atoms with Crippen molar-refractivity contribution in [2.75, 3.05) is 0 Å². The highest BCUT2D eigenvalue weighted by Gasteiger charge is 2.30. The molecule has 7 heteroatoms. The first-order valence-corrected chi connectivity index (χ1v) is 14.4. The number of benzene rings is 6. The van der Waals surface area contributed by atoms with Gasteiger partial charge in [0.1, 0.15) is 11.5 Å². The SMILES string of the molecule is O=[N+]([O-])c1ccc(Oc2ccc(-c3ccc(C=C(c4ccccc4)c4ccc(-c5ccc(C(F)(F)F)cc5)cc4)cc3)cc2)cc1. The third-order valence-electron chi connectivity index (χ3n) is 7.52. The van der Waals surface area contributed by atoms with Crippen LogP contribution in [0, 0.1) is 10.1 Å². The molecule has 6 rings (SSSR count). The fourth-order valence-corrected chi connectivity index (χ4v) is 5.07. The Bertz CT molecular complexity index is 1970. The lowest BCUT2D eigenvalue weighted by Gasteiger charge is -2.12. The van der Waals surface area contributed by atoms with Crippen LogP contribution in [0.25, 0.3) is 33.9 Å². The van der Waals surface area contributed by atoms with Crippen molar-refractivity contribution in [2.45, 2.75) is 6.18 Å². The maximum Gasteiger partial charge on any atom is 0.416 e. The zero-order chi connectivity index (χ0) is 32.1. The lowest BCUT2D eigenvalue weighted by Crippen LogP contribution is -2.03. The minimum Gasteiger partial charge on any atom is -0.457 e. The molecule has 6 aromatic carbocycles. The molecule has 0 fully saturated rings. The van der Waals surface area contributed by atoms with Crippen molar-refractivity contribution in [3.05, 3.63) is 184 Å². The molecule has 0 amide bonds. The van der Waals surface area contributed by atoms with Gasteiger partial charge in [0.25, 0.3) is 5.69 Å². The molecule has 0 aromatic heterocycles. The zero-order valence-corrected chi connectivity index (χ0v) is 24.3. The second kappa shape index (κ2) is 13.0. The summed E-state index contributed by atoms with van der Waals surface area (Å²) in [6.07, 6.45) is -2.25. The normalized spacial score (nSPS) is 11.7. The van der Waals surface area contributed by atoms with Gasteiger partial charge >= 0.3 is 6.18 Å². The van der Waals surface area contributed by atoms with Gasteiger partial charge < -0.3 is 4.74 Å². The summed E-state index contributed by atoms with van der Waals surface area (Å²) in [5, 5.41) is 10.9. The third-order valence-corrected chi connectivity index (χ3v) is 7.52. The molecule has 0 spiro atoms. The monoisotopic (exact) mass is 613 g/mol. The Labute approximate surface area is 263 Å². The minimum absolute atomic E-state index is 0.00599. The number of alkyl halides is 3. The number of nitrogens with zero attached hydrogens (tertiary/aromatic N) is 1. The van der Waals surface area contributed by atoms with E-state index in [4.69, 9.17) is 4.74 Å². The summed E-state index contributed by atoms with van der Waals surface area (Å²) in [5.74, 6) is 1.13. The van der Waals surface area contributed by atoms with Crippen LogP contribution in [-0.4, -0.2) is 4.92 Å². The summed E-state index contributed by atoms with van der Waals surface area (Å²) in [7, 11) is 0. The van der Waals surface area contributed by atoms with E-state index in [1.165, 1.54) is 24.3 Å². The van der Waals surface area contributed by atoms with Gasteiger partial charge in [-0.25, -0.2) is 0 Å². The molecule has 0 atom stereocenters. The summed E-state index contributed by atoms with van der Waals surface area (Å²) in [4.78, 5) is 10.4. The average Bonchev–Trinajstić information content (AvgIpc) is 3.08. The third kappa shape index (κ3) is 7.05. The Morgan fingerprint density at radius 1 is 0.565 bits per heavy atom. The van der Waals surface area contributed by atoms with Crippen LogP contribution in [0.3, 0.4) is 0 Å². The maximum absolute atomic E-state index is 13.0. The van der Waals surface area contributed by atoms with Gasteiger partial charge in [-0.2, -0.15) is 13.2 Å². The number of halogens is 3. The van der Waals surface area contributed by atoms with Crippen LogP contribution in [0.1, 0.15) is 22.3 Å². The molecule has 0 saturated carbocycles.